The Bertz CT molecular complexity index is 1930. The second kappa shape index (κ2) is 25.0. The third-order valence-corrected chi connectivity index (χ3v) is 13.1. The Morgan fingerprint density at radius 1 is 0.636 bits per heavy atom. The van der Waals surface area contributed by atoms with Crippen LogP contribution in [0.25, 0.3) is 0 Å². The molecule has 364 valence electrons. The Hall–Kier alpha value is -4.52. The average molecular weight is 945 g/mol. The highest BCUT2D eigenvalue weighted by Gasteiger charge is 2.55. The van der Waals surface area contributed by atoms with Gasteiger partial charge in [0.15, 0.2) is 18.7 Å². The molecule has 0 bridgehead atoms. The highest BCUT2D eigenvalue weighted by molar-refractivity contribution is 8.00. The largest absolute Gasteiger partial charge is 0.497 e. The van der Waals surface area contributed by atoms with E-state index in [1.54, 1.807) is 14.2 Å². The number of amides is 1. The predicted octanol–water partition coefficient (Wildman–Crippen LogP) is 4.87. The van der Waals surface area contributed by atoms with Gasteiger partial charge >= 0.3 is 17.9 Å². The van der Waals surface area contributed by atoms with Crippen molar-refractivity contribution in [1.82, 2.24) is 5.32 Å². The third kappa shape index (κ3) is 14.2. The predicted molar refractivity (Wildman–Crippen MR) is 237 cm³/mol. The van der Waals surface area contributed by atoms with Crippen molar-refractivity contribution in [2.24, 2.45) is 17.8 Å². The molecule has 8 unspecified atom stereocenters. The summed E-state index contributed by atoms with van der Waals surface area (Å²) in [5, 5.41) is 12.6. The summed E-state index contributed by atoms with van der Waals surface area (Å²) in [6.07, 6.45) is -9.82. The molecule has 3 aliphatic rings. The van der Waals surface area contributed by atoms with Crippen molar-refractivity contribution >= 4 is 35.6 Å². The van der Waals surface area contributed by atoms with Crippen LogP contribution in [0.5, 0.6) is 11.5 Å². The van der Waals surface area contributed by atoms with Crippen LogP contribution < -0.4 is 14.8 Å². The first-order valence-corrected chi connectivity index (χ1v) is 23.0. The topological polar surface area (TPSA) is 215 Å². The summed E-state index contributed by atoms with van der Waals surface area (Å²) in [5.74, 6) is -1.77. The Balaban J connectivity index is 1.60. The van der Waals surface area contributed by atoms with E-state index < -0.39 is 103 Å². The van der Waals surface area contributed by atoms with Crippen molar-refractivity contribution in [3.05, 3.63) is 59.7 Å². The quantitative estimate of drug-likeness (QED) is 0.138. The van der Waals surface area contributed by atoms with E-state index >= 15 is 0 Å². The number of nitriles is 1. The minimum Gasteiger partial charge on any atom is -0.497 e. The van der Waals surface area contributed by atoms with E-state index in [1.165, 1.54) is 27.7 Å². The first kappa shape index (κ1) is 52.4. The fourth-order valence-electron chi connectivity index (χ4n) is 8.13. The van der Waals surface area contributed by atoms with Crippen molar-refractivity contribution in [2.45, 2.75) is 141 Å². The molecule has 0 aromatic heterocycles. The minimum atomic E-state index is -1.32. The first-order valence-electron chi connectivity index (χ1n) is 22.0. The van der Waals surface area contributed by atoms with E-state index in [4.69, 9.17) is 56.8 Å². The van der Waals surface area contributed by atoms with Gasteiger partial charge in [0.1, 0.15) is 54.6 Å². The summed E-state index contributed by atoms with van der Waals surface area (Å²) in [7, 11) is 3.18. The summed E-state index contributed by atoms with van der Waals surface area (Å²) in [6.45, 7) is 12.6. The number of hydrogen-bond donors (Lipinski definition) is 1. The molecule has 1 amide bonds. The number of thioether (sulfide) groups is 1. The van der Waals surface area contributed by atoms with Crippen molar-refractivity contribution in [1.29, 1.82) is 5.26 Å². The van der Waals surface area contributed by atoms with E-state index in [0.717, 1.165) is 22.9 Å². The van der Waals surface area contributed by atoms with E-state index in [0.29, 0.717) is 11.5 Å². The number of ether oxygens (including phenoxy) is 12. The smallest absolute Gasteiger partial charge is 0.303 e. The molecule has 2 aromatic rings. The van der Waals surface area contributed by atoms with Crippen LogP contribution in [0.15, 0.2) is 48.5 Å². The van der Waals surface area contributed by atoms with Gasteiger partial charge < -0.3 is 62.2 Å². The Kier molecular flexibility index (Phi) is 19.9. The Morgan fingerprint density at radius 2 is 1.17 bits per heavy atom. The SMILES string of the molecule is COc1ccc(COC2[C@H](C)C(C)O[C@@H](O[C@@H]3C(COC(C)=O)O[C@@H](SCC#N)C(NC(C)=O)C3O[C@@H]3OC(COC(C)=O)[C@H](C)C(C)C3OC(C)=O)[C@H]2OCc2ccc(OC)cc2)cc1. The van der Waals surface area contributed by atoms with Crippen LogP contribution in [0, 0.1) is 29.1 Å². The Morgan fingerprint density at radius 3 is 1.68 bits per heavy atom. The number of esters is 3. The van der Waals surface area contributed by atoms with Gasteiger partial charge in [-0.3, -0.25) is 19.2 Å². The summed E-state index contributed by atoms with van der Waals surface area (Å²) in [6, 6.07) is 16.0. The first-order chi connectivity index (χ1) is 31.5. The van der Waals surface area contributed by atoms with Gasteiger partial charge in [-0.1, -0.05) is 45.0 Å². The minimum absolute atomic E-state index is 0.0517. The molecule has 19 heteroatoms. The van der Waals surface area contributed by atoms with Crippen LogP contribution in [-0.4, -0.2) is 130 Å². The summed E-state index contributed by atoms with van der Waals surface area (Å²) < 4.78 is 74.9. The maximum Gasteiger partial charge on any atom is 0.303 e. The zero-order valence-electron chi connectivity index (χ0n) is 39.2. The van der Waals surface area contributed by atoms with E-state index in [1.807, 2.05) is 76.2 Å². The molecule has 3 saturated heterocycles. The zero-order valence-corrected chi connectivity index (χ0v) is 40.0. The number of benzene rings is 2. The molecule has 0 radical (unpaired) electrons. The molecule has 15 atom stereocenters. The molecule has 3 fully saturated rings. The molecular formula is C47H64N2O16S. The van der Waals surface area contributed by atoms with Crippen molar-refractivity contribution in [3.8, 4) is 17.6 Å². The monoisotopic (exact) mass is 944 g/mol. The normalized spacial score (nSPS) is 32.0. The average Bonchev–Trinajstić information content (AvgIpc) is 3.28. The molecule has 0 aliphatic carbocycles. The van der Waals surface area contributed by atoms with Gasteiger partial charge in [0.25, 0.3) is 0 Å². The molecule has 5 rings (SSSR count). The molecule has 18 nitrogen and oxygen atoms in total. The van der Waals surface area contributed by atoms with Gasteiger partial charge in [0.2, 0.25) is 5.91 Å². The lowest BCUT2D eigenvalue weighted by atomic mass is 9.83. The standard InChI is InChI=1S/C47H64N2O16S/c1-25-26(2)41(61-32(8)53)45(62-37(25)23-56-30(6)51)65-43-39(49-29(5)50)47(66-20-19-48)63-38(24-57-31(7)52)42(43)64-46-44(59-22-34-13-17-36(55-10)18-14-34)40(27(3)28(4)60-46)58-21-33-11-15-35(54-9)16-12-33/h11-18,25-28,37-47H,20-24H2,1-10H3,(H,49,50)/t25-,26?,27-,28?,37?,38?,39?,40?,41?,42-,43?,44+,45+,46+,47+/m1/s1. The maximum atomic E-state index is 13.1. The third-order valence-electron chi connectivity index (χ3n) is 12.0. The summed E-state index contributed by atoms with van der Waals surface area (Å²) in [5.41, 5.74) is 0.746. The highest BCUT2D eigenvalue weighted by Crippen LogP contribution is 2.40. The summed E-state index contributed by atoms with van der Waals surface area (Å²) in [4.78, 5) is 50.1. The van der Waals surface area contributed by atoms with Gasteiger partial charge in [-0.15, -0.1) is 11.8 Å². The van der Waals surface area contributed by atoms with Crippen LogP contribution in [-0.2, 0) is 79.8 Å². The molecule has 2 aromatic carbocycles. The number of nitrogens with one attached hydrogen (secondary N) is 1. The lowest BCUT2D eigenvalue weighted by molar-refractivity contribution is -0.355. The molecule has 3 heterocycles. The van der Waals surface area contributed by atoms with Crippen LogP contribution in [0.1, 0.15) is 66.5 Å². The fourth-order valence-corrected chi connectivity index (χ4v) is 9.02. The van der Waals surface area contributed by atoms with E-state index in [9.17, 15) is 24.4 Å². The molecule has 1 N–H and O–H groups in total. The fraction of sp³-hybridized carbons (Fsp3) is 0.638. The summed E-state index contributed by atoms with van der Waals surface area (Å²) >= 11 is 1.09. The van der Waals surface area contributed by atoms with Crippen LogP contribution in [0.3, 0.4) is 0 Å². The van der Waals surface area contributed by atoms with Crippen LogP contribution in [0.4, 0.5) is 0 Å². The van der Waals surface area contributed by atoms with Gasteiger partial charge in [-0.25, -0.2) is 0 Å². The molecule has 0 saturated carbocycles. The lowest BCUT2D eigenvalue weighted by Gasteiger charge is -2.51. The number of carbonyl (C=O) groups excluding carboxylic acids is 4. The molecule has 66 heavy (non-hydrogen) atoms. The van der Waals surface area contributed by atoms with Crippen molar-refractivity contribution in [2.75, 3.05) is 33.2 Å². The van der Waals surface area contributed by atoms with E-state index in [2.05, 4.69) is 11.4 Å². The van der Waals surface area contributed by atoms with Gasteiger partial charge in [-0.05, 0) is 48.2 Å². The number of hydrogen-bond acceptors (Lipinski definition) is 18. The van der Waals surface area contributed by atoms with E-state index in [-0.39, 0.29) is 44.0 Å². The number of methoxy groups -OCH3 is 2. The molecule has 3 aliphatic heterocycles. The van der Waals surface area contributed by atoms with Crippen molar-refractivity contribution in [3.63, 3.8) is 0 Å². The zero-order chi connectivity index (χ0) is 48.1. The second-order valence-corrected chi connectivity index (χ2v) is 17.8. The van der Waals surface area contributed by atoms with Crippen molar-refractivity contribution < 1.29 is 76.0 Å². The molecular weight excluding hydrogens is 881 g/mol. The van der Waals surface area contributed by atoms with Crippen LogP contribution in [0.2, 0.25) is 0 Å². The Labute approximate surface area is 390 Å². The van der Waals surface area contributed by atoms with Gasteiger partial charge in [0.05, 0.1) is 63.6 Å². The van der Waals surface area contributed by atoms with Gasteiger partial charge in [0, 0.05) is 39.5 Å². The van der Waals surface area contributed by atoms with Gasteiger partial charge in [-0.2, -0.15) is 5.26 Å². The lowest BCUT2D eigenvalue weighted by Crippen LogP contribution is -2.68. The molecule has 0 spiro atoms. The number of rotatable bonds is 20. The maximum absolute atomic E-state index is 13.1. The highest BCUT2D eigenvalue weighted by atomic mass is 32.2. The number of nitrogens with zero attached hydrogens (tertiary/aromatic N) is 1. The number of carbonyl (C=O) groups is 4. The van der Waals surface area contributed by atoms with Crippen LogP contribution >= 0.6 is 11.8 Å². The second-order valence-electron chi connectivity index (χ2n) is 16.7.